The summed E-state index contributed by atoms with van der Waals surface area (Å²) < 4.78 is 0. The van der Waals surface area contributed by atoms with Crippen molar-refractivity contribution >= 4 is 5.78 Å². The lowest BCUT2D eigenvalue weighted by Gasteiger charge is -2.52. The molecule has 2 fully saturated rings. The molecule has 1 heterocycles. The van der Waals surface area contributed by atoms with Gasteiger partial charge >= 0.3 is 0 Å². The standard InChI is InChI=1S/C17H18N2O/c1-11-2-4-12(5-3-11)15-6-16(19-18-15)13-7-17(8-13)9-14(20)10-17/h2-6,13H,7-10H2,1H3,(H,18,19). The van der Waals surface area contributed by atoms with Crippen LogP contribution in [0.1, 0.15) is 42.9 Å². The molecule has 1 spiro atoms. The van der Waals surface area contributed by atoms with Crippen molar-refractivity contribution in [3.05, 3.63) is 41.6 Å². The summed E-state index contributed by atoms with van der Waals surface area (Å²) in [6, 6.07) is 10.6. The predicted molar refractivity (Wildman–Crippen MR) is 77.4 cm³/mol. The van der Waals surface area contributed by atoms with Crippen LogP contribution in [-0.2, 0) is 4.79 Å². The minimum atomic E-state index is 0.358. The van der Waals surface area contributed by atoms with Crippen LogP contribution in [0.25, 0.3) is 11.3 Å². The van der Waals surface area contributed by atoms with E-state index in [1.807, 2.05) is 0 Å². The number of nitrogens with zero attached hydrogens (tertiary/aromatic N) is 1. The van der Waals surface area contributed by atoms with Gasteiger partial charge in [-0.1, -0.05) is 29.8 Å². The Hall–Kier alpha value is -1.90. The van der Waals surface area contributed by atoms with Crippen molar-refractivity contribution in [3.63, 3.8) is 0 Å². The Labute approximate surface area is 118 Å². The monoisotopic (exact) mass is 266 g/mol. The first-order chi connectivity index (χ1) is 9.63. The Morgan fingerprint density at radius 2 is 1.90 bits per heavy atom. The van der Waals surface area contributed by atoms with Crippen LogP contribution < -0.4 is 0 Å². The maximum absolute atomic E-state index is 11.1. The number of aryl methyl sites for hydroxylation is 1. The van der Waals surface area contributed by atoms with Gasteiger partial charge in [0.15, 0.2) is 0 Å². The van der Waals surface area contributed by atoms with Crippen molar-refractivity contribution in [1.82, 2.24) is 10.2 Å². The number of H-pyrrole nitrogens is 1. The van der Waals surface area contributed by atoms with Gasteiger partial charge < -0.3 is 0 Å². The van der Waals surface area contributed by atoms with Gasteiger partial charge in [0.1, 0.15) is 5.78 Å². The van der Waals surface area contributed by atoms with E-state index >= 15 is 0 Å². The third-order valence-corrected chi connectivity index (χ3v) is 4.89. The fourth-order valence-electron chi connectivity index (χ4n) is 3.70. The van der Waals surface area contributed by atoms with Crippen molar-refractivity contribution < 1.29 is 4.79 Å². The largest absolute Gasteiger partial charge is 0.300 e. The van der Waals surface area contributed by atoms with Crippen LogP contribution in [0.3, 0.4) is 0 Å². The quantitative estimate of drug-likeness (QED) is 0.902. The molecule has 1 N–H and O–H groups in total. The zero-order chi connectivity index (χ0) is 13.7. The number of Topliss-reactive ketones (excluding diaryl/α,β-unsaturated/α-hetero) is 1. The molecular formula is C17H18N2O. The van der Waals surface area contributed by atoms with E-state index in [-0.39, 0.29) is 0 Å². The highest BCUT2D eigenvalue weighted by molar-refractivity contribution is 5.86. The predicted octanol–water partition coefficient (Wildman–Crippen LogP) is 3.61. The molecule has 102 valence electrons. The SMILES string of the molecule is Cc1ccc(-c2cc(C3CC4(CC(=O)C4)C3)[nH]n2)cc1. The van der Waals surface area contributed by atoms with E-state index in [9.17, 15) is 4.79 Å². The summed E-state index contributed by atoms with van der Waals surface area (Å²) in [5.41, 5.74) is 5.03. The number of nitrogens with one attached hydrogen (secondary N) is 1. The molecule has 3 nitrogen and oxygen atoms in total. The van der Waals surface area contributed by atoms with Crippen LogP contribution in [0.2, 0.25) is 0 Å². The smallest absolute Gasteiger partial charge is 0.134 e. The van der Waals surface area contributed by atoms with E-state index in [1.165, 1.54) is 11.3 Å². The lowest BCUT2D eigenvalue weighted by atomic mass is 9.51. The van der Waals surface area contributed by atoms with E-state index < -0.39 is 0 Å². The zero-order valence-corrected chi connectivity index (χ0v) is 11.6. The maximum atomic E-state index is 11.1. The van der Waals surface area contributed by atoms with Crippen LogP contribution in [-0.4, -0.2) is 16.0 Å². The number of hydrogen-bond donors (Lipinski definition) is 1. The van der Waals surface area contributed by atoms with Gasteiger partial charge in [-0.2, -0.15) is 5.10 Å². The van der Waals surface area contributed by atoms with Gasteiger partial charge in [-0.15, -0.1) is 0 Å². The van der Waals surface area contributed by atoms with Gasteiger partial charge in [0, 0.05) is 30.0 Å². The number of ketones is 1. The van der Waals surface area contributed by atoms with E-state index in [1.54, 1.807) is 0 Å². The minimum Gasteiger partial charge on any atom is -0.300 e. The van der Waals surface area contributed by atoms with Crippen molar-refractivity contribution in [3.8, 4) is 11.3 Å². The number of aromatic nitrogens is 2. The highest BCUT2D eigenvalue weighted by Crippen LogP contribution is 2.60. The molecular weight excluding hydrogens is 248 g/mol. The minimum absolute atomic E-state index is 0.358. The molecule has 20 heavy (non-hydrogen) atoms. The third kappa shape index (κ3) is 1.80. The normalized spacial score (nSPS) is 20.8. The van der Waals surface area contributed by atoms with Crippen LogP contribution >= 0.6 is 0 Å². The molecule has 0 radical (unpaired) electrons. The Bertz CT molecular complexity index is 653. The maximum Gasteiger partial charge on any atom is 0.134 e. The topological polar surface area (TPSA) is 45.8 Å². The van der Waals surface area contributed by atoms with E-state index in [4.69, 9.17) is 0 Å². The molecule has 4 rings (SSSR count). The first-order valence-corrected chi connectivity index (χ1v) is 7.28. The highest BCUT2D eigenvalue weighted by Gasteiger charge is 2.53. The zero-order valence-electron chi connectivity index (χ0n) is 11.6. The van der Waals surface area contributed by atoms with E-state index in [0.29, 0.717) is 17.1 Å². The number of hydrogen-bond acceptors (Lipinski definition) is 2. The Morgan fingerprint density at radius 3 is 2.55 bits per heavy atom. The molecule has 1 aromatic carbocycles. The molecule has 2 saturated carbocycles. The highest BCUT2D eigenvalue weighted by atomic mass is 16.1. The Kier molecular flexibility index (Phi) is 2.40. The molecule has 0 atom stereocenters. The van der Waals surface area contributed by atoms with E-state index in [0.717, 1.165) is 36.9 Å². The summed E-state index contributed by atoms with van der Waals surface area (Å²) in [5, 5.41) is 7.62. The molecule has 2 aromatic rings. The fourth-order valence-corrected chi connectivity index (χ4v) is 3.70. The number of rotatable bonds is 2. The first-order valence-electron chi connectivity index (χ1n) is 7.28. The summed E-state index contributed by atoms with van der Waals surface area (Å²) in [6.07, 6.45) is 3.91. The summed E-state index contributed by atoms with van der Waals surface area (Å²) in [5.74, 6) is 1.00. The third-order valence-electron chi connectivity index (χ3n) is 4.89. The second-order valence-corrected chi connectivity index (χ2v) is 6.57. The van der Waals surface area contributed by atoms with Crippen molar-refractivity contribution in [2.45, 2.75) is 38.5 Å². The molecule has 2 aliphatic carbocycles. The molecule has 2 aliphatic rings. The first kappa shape index (κ1) is 11.9. The molecule has 1 aromatic heterocycles. The molecule has 0 unspecified atom stereocenters. The van der Waals surface area contributed by atoms with Crippen LogP contribution in [0.15, 0.2) is 30.3 Å². The van der Waals surface area contributed by atoms with Gasteiger partial charge in [-0.25, -0.2) is 0 Å². The Morgan fingerprint density at radius 1 is 1.20 bits per heavy atom. The second kappa shape index (κ2) is 4.05. The van der Waals surface area contributed by atoms with Crippen molar-refractivity contribution in [2.24, 2.45) is 5.41 Å². The summed E-state index contributed by atoms with van der Waals surface area (Å²) in [6.45, 7) is 2.09. The van der Waals surface area contributed by atoms with Gasteiger partial charge in [-0.3, -0.25) is 9.89 Å². The van der Waals surface area contributed by atoms with Crippen molar-refractivity contribution in [2.75, 3.05) is 0 Å². The van der Waals surface area contributed by atoms with Crippen molar-refractivity contribution in [1.29, 1.82) is 0 Å². The number of carbonyl (C=O) groups excluding carboxylic acids is 1. The number of aromatic amines is 1. The lowest BCUT2D eigenvalue weighted by Crippen LogP contribution is -2.46. The molecule has 0 amide bonds. The summed E-state index contributed by atoms with van der Waals surface area (Å²) in [7, 11) is 0. The Balaban J connectivity index is 1.49. The van der Waals surface area contributed by atoms with Gasteiger partial charge in [0.25, 0.3) is 0 Å². The van der Waals surface area contributed by atoms with E-state index in [2.05, 4.69) is 47.5 Å². The van der Waals surface area contributed by atoms with Gasteiger partial charge in [0.2, 0.25) is 0 Å². The average Bonchev–Trinajstić information content (AvgIpc) is 2.82. The summed E-state index contributed by atoms with van der Waals surface area (Å²) in [4.78, 5) is 11.1. The average molecular weight is 266 g/mol. The number of carbonyl (C=O) groups is 1. The number of benzene rings is 1. The lowest BCUT2D eigenvalue weighted by molar-refractivity contribution is -0.139. The van der Waals surface area contributed by atoms with Crippen LogP contribution in [0, 0.1) is 12.3 Å². The fraction of sp³-hybridized carbons (Fsp3) is 0.412. The molecule has 0 saturated heterocycles. The van der Waals surface area contributed by atoms with Crippen LogP contribution in [0.5, 0.6) is 0 Å². The molecule has 0 bridgehead atoms. The van der Waals surface area contributed by atoms with Crippen LogP contribution in [0.4, 0.5) is 0 Å². The summed E-state index contributed by atoms with van der Waals surface area (Å²) >= 11 is 0. The second-order valence-electron chi connectivity index (χ2n) is 6.57. The van der Waals surface area contributed by atoms with Gasteiger partial charge in [-0.05, 0) is 31.2 Å². The molecule has 0 aliphatic heterocycles. The van der Waals surface area contributed by atoms with Gasteiger partial charge in [0.05, 0.1) is 5.69 Å². The molecule has 3 heteroatoms.